The van der Waals surface area contributed by atoms with E-state index in [0.29, 0.717) is 35.4 Å². The Balaban J connectivity index is 1.82. The zero-order valence-corrected chi connectivity index (χ0v) is 19.5. The van der Waals surface area contributed by atoms with Crippen LogP contribution in [0.4, 0.5) is 0 Å². The number of ether oxygens (including phenoxy) is 1. The van der Waals surface area contributed by atoms with Crippen LogP contribution in [0.15, 0.2) is 64.3 Å². The highest BCUT2D eigenvalue weighted by atomic mass is 16.5. The molecule has 0 aliphatic carbocycles. The molecule has 0 spiro atoms. The molecule has 0 N–H and O–H groups in total. The van der Waals surface area contributed by atoms with Gasteiger partial charge in [-0.1, -0.05) is 37.8 Å². The van der Waals surface area contributed by atoms with E-state index in [1.54, 1.807) is 17.0 Å². The number of hydrogen-bond acceptors (Lipinski definition) is 5. The first-order valence-corrected chi connectivity index (χ1v) is 11.3. The molecule has 1 aliphatic heterocycles. The first-order chi connectivity index (χ1) is 15.9. The second-order valence-electron chi connectivity index (χ2n) is 8.58. The third-order valence-corrected chi connectivity index (χ3v) is 6.01. The van der Waals surface area contributed by atoms with Gasteiger partial charge < -0.3 is 19.0 Å². The lowest BCUT2D eigenvalue weighted by Crippen LogP contribution is -2.32. The number of hydrogen-bond donors (Lipinski definition) is 0. The van der Waals surface area contributed by atoms with Gasteiger partial charge in [-0.05, 0) is 68.9 Å². The van der Waals surface area contributed by atoms with Crippen molar-refractivity contribution in [3.8, 4) is 5.75 Å². The molecular weight excluding hydrogens is 416 g/mol. The summed E-state index contributed by atoms with van der Waals surface area (Å²) >= 11 is 0. The van der Waals surface area contributed by atoms with Crippen LogP contribution in [0, 0.1) is 0 Å². The standard InChI is InChI=1S/C27H30N2O4/c1-5-16-32-20-11-9-19(10-12-20)24-23-25(30)21-17-18(6-2)8-13-22(21)33-26(23)27(31)29(24)15-7-14-28(3)4/h5,8-13,17,24H,1,6-7,14-16H2,2-4H3. The van der Waals surface area contributed by atoms with E-state index in [4.69, 9.17) is 9.15 Å². The summed E-state index contributed by atoms with van der Waals surface area (Å²) < 4.78 is 11.6. The maximum atomic E-state index is 13.7. The molecule has 2 aromatic carbocycles. The van der Waals surface area contributed by atoms with Crippen LogP contribution in [0.5, 0.6) is 5.75 Å². The molecule has 0 bridgehead atoms. The number of carbonyl (C=O) groups is 1. The molecule has 0 fully saturated rings. The molecule has 1 atom stereocenters. The van der Waals surface area contributed by atoms with Gasteiger partial charge >= 0.3 is 0 Å². The summed E-state index contributed by atoms with van der Waals surface area (Å²) in [5.74, 6) is 0.624. The van der Waals surface area contributed by atoms with Gasteiger partial charge in [-0.2, -0.15) is 0 Å². The van der Waals surface area contributed by atoms with Gasteiger partial charge in [0.25, 0.3) is 5.91 Å². The van der Waals surface area contributed by atoms with Gasteiger partial charge in [-0.25, -0.2) is 0 Å². The Labute approximate surface area is 194 Å². The van der Waals surface area contributed by atoms with Crippen molar-refractivity contribution in [2.24, 2.45) is 0 Å². The highest BCUT2D eigenvalue weighted by Gasteiger charge is 2.42. The average molecular weight is 447 g/mol. The van der Waals surface area contributed by atoms with Crippen molar-refractivity contribution in [2.75, 3.05) is 33.8 Å². The van der Waals surface area contributed by atoms with Gasteiger partial charge in [-0.3, -0.25) is 9.59 Å². The Morgan fingerprint density at radius 1 is 1.15 bits per heavy atom. The van der Waals surface area contributed by atoms with E-state index in [1.807, 2.05) is 57.4 Å². The summed E-state index contributed by atoms with van der Waals surface area (Å²) in [4.78, 5) is 30.9. The molecule has 2 heterocycles. The average Bonchev–Trinajstić information content (AvgIpc) is 3.09. The van der Waals surface area contributed by atoms with Crippen LogP contribution in [0.1, 0.15) is 46.6 Å². The highest BCUT2D eigenvalue weighted by Crippen LogP contribution is 2.38. The number of amides is 1. The number of fused-ring (bicyclic) bond motifs is 2. The Hall–Kier alpha value is -3.38. The second kappa shape index (κ2) is 9.63. The fourth-order valence-corrected chi connectivity index (χ4v) is 4.32. The Morgan fingerprint density at radius 2 is 1.91 bits per heavy atom. The fourth-order valence-electron chi connectivity index (χ4n) is 4.32. The molecule has 6 heteroatoms. The van der Waals surface area contributed by atoms with E-state index in [1.165, 1.54) is 0 Å². The largest absolute Gasteiger partial charge is 0.490 e. The fraction of sp³-hybridized carbons (Fsp3) is 0.333. The molecule has 6 nitrogen and oxygen atoms in total. The molecule has 1 aliphatic rings. The lowest BCUT2D eigenvalue weighted by molar-refractivity contribution is 0.0722. The molecule has 33 heavy (non-hydrogen) atoms. The summed E-state index contributed by atoms with van der Waals surface area (Å²) in [7, 11) is 4.01. The maximum absolute atomic E-state index is 13.7. The topological polar surface area (TPSA) is 63.0 Å². The highest BCUT2D eigenvalue weighted by molar-refractivity contribution is 5.99. The van der Waals surface area contributed by atoms with E-state index < -0.39 is 6.04 Å². The van der Waals surface area contributed by atoms with Crippen molar-refractivity contribution in [1.29, 1.82) is 0 Å². The third-order valence-electron chi connectivity index (χ3n) is 6.01. The molecule has 3 aromatic rings. The third kappa shape index (κ3) is 4.44. The van der Waals surface area contributed by atoms with Crippen molar-refractivity contribution in [1.82, 2.24) is 9.80 Å². The molecule has 172 valence electrons. The van der Waals surface area contributed by atoms with Gasteiger partial charge in [0, 0.05) is 6.54 Å². The molecule has 0 radical (unpaired) electrons. The van der Waals surface area contributed by atoms with Crippen LogP contribution in [-0.2, 0) is 6.42 Å². The molecule has 0 saturated carbocycles. The van der Waals surface area contributed by atoms with E-state index >= 15 is 0 Å². The molecule has 4 rings (SSSR count). The van der Waals surface area contributed by atoms with Gasteiger partial charge in [0.05, 0.1) is 17.0 Å². The summed E-state index contributed by atoms with van der Waals surface area (Å²) in [5.41, 5.74) is 2.65. The number of carbonyl (C=O) groups excluding carboxylic acids is 1. The number of benzene rings is 2. The van der Waals surface area contributed by atoms with Crippen molar-refractivity contribution in [2.45, 2.75) is 25.8 Å². The van der Waals surface area contributed by atoms with Crippen LogP contribution < -0.4 is 10.2 Å². The van der Waals surface area contributed by atoms with E-state index in [0.717, 1.165) is 30.5 Å². The molecule has 1 aromatic heterocycles. The van der Waals surface area contributed by atoms with E-state index in [2.05, 4.69) is 11.5 Å². The number of rotatable bonds is 9. The van der Waals surface area contributed by atoms with Gasteiger partial charge in [0.2, 0.25) is 5.76 Å². The van der Waals surface area contributed by atoms with Crippen LogP contribution >= 0.6 is 0 Å². The zero-order chi connectivity index (χ0) is 23.5. The maximum Gasteiger partial charge on any atom is 0.290 e. The SMILES string of the molecule is C=CCOc1ccc(C2c3c(oc4ccc(CC)cc4c3=O)C(=O)N2CCCN(C)C)cc1. The lowest BCUT2D eigenvalue weighted by atomic mass is 9.97. The minimum Gasteiger partial charge on any atom is -0.490 e. The van der Waals surface area contributed by atoms with Crippen LogP contribution in [-0.4, -0.2) is 49.5 Å². The molecule has 0 saturated heterocycles. The first kappa shape index (κ1) is 22.8. The Bertz CT molecular complexity index is 1230. The summed E-state index contributed by atoms with van der Waals surface area (Å²) in [6.45, 7) is 7.49. The quantitative estimate of drug-likeness (QED) is 0.456. The molecule has 1 unspecified atom stereocenters. The van der Waals surface area contributed by atoms with Crippen LogP contribution in [0.2, 0.25) is 0 Å². The lowest BCUT2D eigenvalue weighted by Gasteiger charge is -2.26. The zero-order valence-electron chi connectivity index (χ0n) is 19.5. The first-order valence-electron chi connectivity index (χ1n) is 11.3. The Kier molecular flexibility index (Phi) is 6.65. The van der Waals surface area contributed by atoms with Crippen LogP contribution in [0.3, 0.4) is 0 Å². The van der Waals surface area contributed by atoms with Crippen molar-refractivity contribution >= 4 is 16.9 Å². The molecular formula is C27H30N2O4. The van der Waals surface area contributed by atoms with Crippen LogP contribution in [0.25, 0.3) is 11.0 Å². The van der Waals surface area contributed by atoms with Crippen molar-refractivity contribution in [3.63, 3.8) is 0 Å². The minimum atomic E-state index is -0.492. The Morgan fingerprint density at radius 3 is 2.58 bits per heavy atom. The monoisotopic (exact) mass is 446 g/mol. The van der Waals surface area contributed by atoms with Crippen molar-refractivity contribution in [3.05, 3.63) is 87.8 Å². The van der Waals surface area contributed by atoms with E-state index in [9.17, 15) is 9.59 Å². The smallest absolute Gasteiger partial charge is 0.290 e. The summed E-state index contributed by atoms with van der Waals surface area (Å²) in [6, 6.07) is 12.7. The van der Waals surface area contributed by atoms with Gasteiger partial charge in [0.1, 0.15) is 17.9 Å². The normalized spacial score (nSPS) is 15.3. The van der Waals surface area contributed by atoms with Gasteiger partial charge in [-0.15, -0.1) is 0 Å². The van der Waals surface area contributed by atoms with E-state index in [-0.39, 0.29) is 17.1 Å². The predicted molar refractivity (Wildman–Crippen MR) is 130 cm³/mol. The van der Waals surface area contributed by atoms with Crippen molar-refractivity contribution < 1.29 is 13.9 Å². The summed E-state index contributed by atoms with van der Waals surface area (Å²) in [5, 5.41) is 0.520. The predicted octanol–water partition coefficient (Wildman–Crippen LogP) is 4.42. The second-order valence-corrected chi connectivity index (χ2v) is 8.58. The summed E-state index contributed by atoms with van der Waals surface area (Å²) in [6.07, 6.45) is 3.29. The molecule has 1 amide bonds. The number of aryl methyl sites for hydroxylation is 1. The number of nitrogens with zero attached hydrogens (tertiary/aromatic N) is 2. The van der Waals surface area contributed by atoms with Gasteiger partial charge in [0.15, 0.2) is 5.43 Å². The minimum absolute atomic E-state index is 0.137.